The van der Waals surface area contributed by atoms with E-state index < -0.39 is 32.5 Å². The fourth-order valence-electron chi connectivity index (χ4n) is 5.07. The molecule has 0 aliphatic heterocycles. The van der Waals surface area contributed by atoms with Gasteiger partial charge >= 0.3 is 19.8 Å². The summed E-state index contributed by atoms with van der Waals surface area (Å²) in [5.74, 6) is -0.891. The monoisotopic (exact) mass is 646 g/mol. The van der Waals surface area contributed by atoms with Gasteiger partial charge in [-0.1, -0.05) is 142 Å². The normalized spacial score (nSPS) is 12.5. The first-order valence-corrected chi connectivity index (χ1v) is 19.5. The molecule has 0 amide bonds. The maximum absolute atomic E-state index is 12.3. The van der Waals surface area contributed by atoms with Crippen molar-refractivity contribution in [2.24, 2.45) is 0 Å². The summed E-state index contributed by atoms with van der Waals surface area (Å²) in [7, 11) is -4.74. The third-order valence-electron chi connectivity index (χ3n) is 7.78. The lowest BCUT2D eigenvalue weighted by molar-refractivity contribution is -0.161. The minimum absolute atomic E-state index is 0.206. The fraction of sp³-hybridized carbons (Fsp3) is 0.886. The van der Waals surface area contributed by atoms with Gasteiger partial charge in [-0.15, -0.1) is 0 Å². The molecule has 0 spiro atoms. The van der Waals surface area contributed by atoms with E-state index in [1.807, 2.05) is 0 Å². The Hall–Kier alpha value is -1.21. The highest BCUT2D eigenvalue weighted by Gasteiger charge is 2.22. The van der Waals surface area contributed by atoms with Gasteiger partial charge in [0.2, 0.25) is 0 Å². The molecule has 8 nitrogen and oxygen atoms in total. The fourth-order valence-corrected chi connectivity index (χ4v) is 5.43. The minimum Gasteiger partial charge on any atom is -0.462 e. The zero-order valence-electron chi connectivity index (χ0n) is 28.3. The molecule has 0 aliphatic carbocycles. The number of hydrogen-bond donors (Lipinski definition) is 2. The molecule has 0 aliphatic rings. The minimum atomic E-state index is -4.74. The van der Waals surface area contributed by atoms with Crippen LogP contribution < -0.4 is 0 Å². The number of esters is 2. The van der Waals surface area contributed by atoms with Gasteiger partial charge in [0.25, 0.3) is 0 Å². The molecular formula is C35H67O8P. The number of carbonyl (C=O) groups excluding carboxylic acids is 2. The molecule has 0 fully saturated rings. The van der Waals surface area contributed by atoms with Gasteiger partial charge in [-0.25, -0.2) is 4.57 Å². The van der Waals surface area contributed by atoms with Gasteiger partial charge in [0, 0.05) is 12.8 Å². The van der Waals surface area contributed by atoms with Gasteiger partial charge in [0.1, 0.15) is 6.61 Å². The topological polar surface area (TPSA) is 119 Å². The van der Waals surface area contributed by atoms with E-state index in [1.165, 1.54) is 96.3 Å². The van der Waals surface area contributed by atoms with Crippen molar-refractivity contribution in [2.75, 3.05) is 13.2 Å². The van der Waals surface area contributed by atoms with Gasteiger partial charge in [0.05, 0.1) is 6.61 Å². The standard InChI is InChI=1S/C35H67O8P/c1-3-5-7-9-11-13-15-16-17-18-19-20-22-24-26-28-30-35(37)43-33(32-42-44(38,39)40)31-41-34(36)29-27-25-23-21-14-12-10-8-6-4-2/h17-18,33H,3-16,19-32H2,1-2H3,(H2,38,39,40)/b18-17-. The summed E-state index contributed by atoms with van der Waals surface area (Å²) >= 11 is 0. The average Bonchev–Trinajstić information content (AvgIpc) is 2.98. The van der Waals surface area contributed by atoms with Gasteiger partial charge < -0.3 is 19.3 Å². The third-order valence-corrected chi connectivity index (χ3v) is 8.27. The first kappa shape index (κ1) is 42.8. The quantitative estimate of drug-likeness (QED) is 0.0313. The van der Waals surface area contributed by atoms with E-state index in [0.717, 1.165) is 51.4 Å². The number of rotatable bonds is 33. The summed E-state index contributed by atoms with van der Waals surface area (Å²) in [5.41, 5.74) is 0. The molecule has 1 atom stereocenters. The van der Waals surface area contributed by atoms with Gasteiger partial charge in [-0.05, 0) is 38.5 Å². The smallest absolute Gasteiger partial charge is 0.462 e. The molecule has 2 N–H and O–H groups in total. The van der Waals surface area contributed by atoms with Crippen LogP contribution in [-0.4, -0.2) is 41.0 Å². The molecule has 1 unspecified atom stereocenters. The Balaban J connectivity index is 3.97. The van der Waals surface area contributed by atoms with Crippen molar-refractivity contribution in [1.82, 2.24) is 0 Å². The number of carbonyl (C=O) groups is 2. The summed E-state index contributed by atoms with van der Waals surface area (Å²) < 4.78 is 26.2. The Kier molecular flexibility index (Phi) is 30.9. The van der Waals surface area contributed by atoms with Crippen molar-refractivity contribution in [3.8, 4) is 0 Å². The Morgan fingerprint density at radius 1 is 0.568 bits per heavy atom. The van der Waals surface area contributed by atoms with E-state index in [-0.39, 0.29) is 19.4 Å². The third kappa shape index (κ3) is 33.7. The van der Waals surface area contributed by atoms with Crippen LogP contribution in [0.1, 0.15) is 181 Å². The lowest BCUT2D eigenvalue weighted by Gasteiger charge is -2.18. The van der Waals surface area contributed by atoms with Crippen molar-refractivity contribution >= 4 is 19.8 Å². The second-order valence-corrected chi connectivity index (χ2v) is 13.4. The first-order chi connectivity index (χ1) is 21.3. The molecule has 0 aromatic heterocycles. The van der Waals surface area contributed by atoms with E-state index in [4.69, 9.17) is 19.3 Å². The summed E-state index contributed by atoms with van der Waals surface area (Å²) in [6, 6.07) is 0. The number of phosphoric ester groups is 1. The molecular weight excluding hydrogens is 579 g/mol. The predicted octanol–water partition coefficient (Wildman–Crippen LogP) is 10.3. The van der Waals surface area contributed by atoms with Gasteiger partial charge in [0.15, 0.2) is 6.10 Å². The Morgan fingerprint density at radius 2 is 0.955 bits per heavy atom. The Labute approximate surface area is 269 Å². The van der Waals surface area contributed by atoms with Crippen LogP contribution in [0.3, 0.4) is 0 Å². The van der Waals surface area contributed by atoms with Crippen molar-refractivity contribution in [1.29, 1.82) is 0 Å². The van der Waals surface area contributed by atoms with Crippen LogP contribution in [0.2, 0.25) is 0 Å². The van der Waals surface area contributed by atoms with Crippen LogP contribution in [-0.2, 0) is 28.2 Å². The number of ether oxygens (including phenoxy) is 2. The van der Waals surface area contributed by atoms with Crippen LogP contribution in [0.5, 0.6) is 0 Å². The van der Waals surface area contributed by atoms with E-state index in [2.05, 4.69) is 30.5 Å². The zero-order chi connectivity index (χ0) is 32.6. The maximum Gasteiger partial charge on any atom is 0.469 e. The summed E-state index contributed by atoms with van der Waals surface area (Å²) in [5, 5.41) is 0. The van der Waals surface area contributed by atoms with E-state index >= 15 is 0 Å². The van der Waals surface area contributed by atoms with Crippen LogP contribution in [0.25, 0.3) is 0 Å². The molecule has 0 heterocycles. The Bertz CT molecular complexity index is 736. The van der Waals surface area contributed by atoms with Crippen molar-refractivity contribution in [3.63, 3.8) is 0 Å². The molecule has 0 saturated carbocycles. The highest BCUT2D eigenvalue weighted by molar-refractivity contribution is 7.46. The maximum atomic E-state index is 12.3. The molecule has 0 saturated heterocycles. The first-order valence-electron chi connectivity index (χ1n) is 18.0. The lowest BCUT2D eigenvalue weighted by Crippen LogP contribution is -2.29. The molecule has 260 valence electrons. The number of allylic oxidation sites excluding steroid dienone is 2. The van der Waals surface area contributed by atoms with Crippen LogP contribution in [0.15, 0.2) is 12.2 Å². The van der Waals surface area contributed by atoms with E-state index in [0.29, 0.717) is 6.42 Å². The molecule has 44 heavy (non-hydrogen) atoms. The molecule has 0 bridgehead atoms. The SMILES string of the molecule is CCCCCCCCC/C=C\CCCCCCCC(=O)OC(COC(=O)CCCCCCCCCCCC)COP(=O)(O)O. The molecule has 0 rings (SSSR count). The number of hydrogen-bond acceptors (Lipinski definition) is 6. The number of unbranched alkanes of at least 4 members (excludes halogenated alkanes) is 21. The predicted molar refractivity (Wildman–Crippen MR) is 179 cm³/mol. The summed E-state index contributed by atoms with van der Waals surface area (Å²) in [6.07, 6.45) is 32.2. The highest BCUT2D eigenvalue weighted by atomic mass is 31.2. The molecule has 0 radical (unpaired) electrons. The lowest BCUT2D eigenvalue weighted by atomic mass is 10.1. The zero-order valence-corrected chi connectivity index (χ0v) is 29.2. The largest absolute Gasteiger partial charge is 0.469 e. The van der Waals surface area contributed by atoms with Crippen LogP contribution in [0, 0.1) is 0 Å². The van der Waals surface area contributed by atoms with Gasteiger partial charge in [-0.2, -0.15) is 0 Å². The van der Waals surface area contributed by atoms with Gasteiger partial charge in [-0.3, -0.25) is 14.1 Å². The van der Waals surface area contributed by atoms with E-state index in [9.17, 15) is 14.2 Å². The van der Waals surface area contributed by atoms with Crippen LogP contribution in [0.4, 0.5) is 0 Å². The van der Waals surface area contributed by atoms with Crippen molar-refractivity contribution in [3.05, 3.63) is 12.2 Å². The molecule has 0 aromatic carbocycles. The van der Waals surface area contributed by atoms with Crippen LogP contribution >= 0.6 is 7.82 Å². The highest BCUT2D eigenvalue weighted by Crippen LogP contribution is 2.36. The van der Waals surface area contributed by atoms with Crippen molar-refractivity contribution < 1.29 is 37.9 Å². The van der Waals surface area contributed by atoms with E-state index in [1.54, 1.807) is 0 Å². The van der Waals surface area contributed by atoms with Crippen molar-refractivity contribution in [2.45, 2.75) is 187 Å². The number of phosphoric acid groups is 1. The summed E-state index contributed by atoms with van der Waals surface area (Å²) in [6.45, 7) is 3.65. The average molecular weight is 647 g/mol. The molecule has 0 aromatic rings. The summed E-state index contributed by atoms with van der Waals surface area (Å²) in [4.78, 5) is 42.5. The second kappa shape index (κ2) is 31.8. The molecule has 9 heteroatoms. The Morgan fingerprint density at radius 3 is 1.39 bits per heavy atom. The second-order valence-electron chi connectivity index (χ2n) is 12.2.